The van der Waals surface area contributed by atoms with Gasteiger partial charge in [0.25, 0.3) is 0 Å². The minimum Gasteiger partial charge on any atom is -0.455 e. The summed E-state index contributed by atoms with van der Waals surface area (Å²) in [4.78, 5) is 4.51. The molecule has 1 aromatic heterocycles. The number of hydrogen-bond donors (Lipinski definition) is 1. The summed E-state index contributed by atoms with van der Waals surface area (Å²) in [5.74, 6) is 1.61. The van der Waals surface area contributed by atoms with E-state index in [1.165, 1.54) is 0 Å². The lowest BCUT2D eigenvalue weighted by Crippen LogP contribution is -2.07. The van der Waals surface area contributed by atoms with Gasteiger partial charge in [0.1, 0.15) is 11.5 Å². The van der Waals surface area contributed by atoms with Gasteiger partial charge in [0.05, 0.1) is 5.69 Å². The molecule has 2 rings (SSSR count). The molecule has 0 radical (unpaired) electrons. The van der Waals surface area contributed by atoms with Gasteiger partial charge in [0, 0.05) is 17.3 Å². The van der Waals surface area contributed by atoms with Crippen LogP contribution in [0, 0.1) is 6.92 Å². The van der Waals surface area contributed by atoms with Crippen molar-refractivity contribution >= 4 is 0 Å². The second-order valence-corrected chi connectivity index (χ2v) is 4.68. The van der Waals surface area contributed by atoms with E-state index in [0.717, 1.165) is 34.9 Å². The van der Waals surface area contributed by atoms with Crippen molar-refractivity contribution in [1.82, 2.24) is 4.98 Å². The van der Waals surface area contributed by atoms with Crippen molar-refractivity contribution < 1.29 is 4.74 Å². The van der Waals surface area contributed by atoms with Gasteiger partial charge in [0.2, 0.25) is 0 Å². The van der Waals surface area contributed by atoms with Crippen LogP contribution in [0.4, 0.5) is 0 Å². The van der Waals surface area contributed by atoms with E-state index in [1.807, 2.05) is 50.2 Å². The highest BCUT2D eigenvalue weighted by atomic mass is 16.5. The third-order valence-electron chi connectivity index (χ3n) is 3.04. The Morgan fingerprint density at radius 3 is 2.58 bits per heavy atom. The monoisotopic (exact) mass is 256 g/mol. The third kappa shape index (κ3) is 3.12. The summed E-state index contributed by atoms with van der Waals surface area (Å²) in [5, 5.41) is 0. The van der Waals surface area contributed by atoms with E-state index in [1.54, 1.807) is 0 Å². The van der Waals surface area contributed by atoms with E-state index in [9.17, 15) is 0 Å². The Balaban J connectivity index is 2.36. The third-order valence-corrected chi connectivity index (χ3v) is 3.04. The molecule has 1 atom stereocenters. The van der Waals surface area contributed by atoms with Crippen molar-refractivity contribution in [3.8, 4) is 11.5 Å². The van der Waals surface area contributed by atoms with E-state index >= 15 is 0 Å². The van der Waals surface area contributed by atoms with Gasteiger partial charge in [-0.2, -0.15) is 0 Å². The molecule has 0 saturated heterocycles. The van der Waals surface area contributed by atoms with Crippen molar-refractivity contribution in [3.63, 3.8) is 0 Å². The molecule has 2 aromatic rings. The van der Waals surface area contributed by atoms with Crippen LogP contribution in [0.1, 0.15) is 36.8 Å². The lowest BCUT2D eigenvalue weighted by atomic mass is 10.1. The predicted octanol–water partition coefficient (Wildman–Crippen LogP) is 3.76. The molecule has 0 bridgehead atoms. The van der Waals surface area contributed by atoms with Gasteiger partial charge in [-0.15, -0.1) is 0 Å². The first kappa shape index (κ1) is 13.6. The highest BCUT2D eigenvalue weighted by Crippen LogP contribution is 2.30. The summed E-state index contributed by atoms with van der Waals surface area (Å²) < 4.78 is 6.01. The van der Waals surface area contributed by atoms with E-state index in [-0.39, 0.29) is 6.04 Å². The summed E-state index contributed by atoms with van der Waals surface area (Å²) in [5.41, 5.74) is 8.95. The van der Waals surface area contributed by atoms with Gasteiger partial charge in [-0.3, -0.25) is 4.98 Å². The molecule has 3 heteroatoms. The maximum Gasteiger partial charge on any atom is 0.148 e. The Morgan fingerprint density at radius 1 is 1.16 bits per heavy atom. The molecular formula is C16H20N2O. The molecule has 0 aliphatic heterocycles. The van der Waals surface area contributed by atoms with Crippen LogP contribution in [0.5, 0.6) is 11.5 Å². The average Bonchev–Trinajstić information content (AvgIpc) is 2.41. The molecule has 2 N–H and O–H groups in total. The number of aromatic nitrogens is 1. The minimum atomic E-state index is -0.0558. The molecule has 3 nitrogen and oxygen atoms in total. The Morgan fingerprint density at radius 2 is 1.89 bits per heavy atom. The zero-order valence-corrected chi connectivity index (χ0v) is 11.7. The van der Waals surface area contributed by atoms with E-state index in [2.05, 4.69) is 11.9 Å². The predicted molar refractivity (Wildman–Crippen MR) is 77.5 cm³/mol. The van der Waals surface area contributed by atoms with Crippen LogP contribution in [-0.2, 0) is 6.42 Å². The molecule has 1 heterocycles. The maximum atomic E-state index is 6.01. The quantitative estimate of drug-likeness (QED) is 0.906. The van der Waals surface area contributed by atoms with Gasteiger partial charge in [-0.1, -0.05) is 25.1 Å². The fourth-order valence-electron chi connectivity index (χ4n) is 2.01. The van der Waals surface area contributed by atoms with Crippen LogP contribution in [-0.4, -0.2) is 4.98 Å². The summed E-state index contributed by atoms with van der Waals surface area (Å²) in [6.07, 6.45) is 0.845. The van der Waals surface area contributed by atoms with Crippen molar-refractivity contribution in [3.05, 3.63) is 53.3 Å². The van der Waals surface area contributed by atoms with Gasteiger partial charge >= 0.3 is 0 Å². The molecule has 0 unspecified atom stereocenters. The van der Waals surface area contributed by atoms with E-state index < -0.39 is 0 Å². The topological polar surface area (TPSA) is 48.1 Å². The van der Waals surface area contributed by atoms with Crippen molar-refractivity contribution in [2.75, 3.05) is 0 Å². The van der Waals surface area contributed by atoms with Crippen LogP contribution in [0.3, 0.4) is 0 Å². The minimum absolute atomic E-state index is 0.0558. The van der Waals surface area contributed by atoms with Crippen LogP contribution in [0.15, 0.2) is 36.4 Å². The van der Waals surface area contributed by atoms with Crippen molar-refractivity contribution in [1.29, 1.82) is 0 Å². The number of hydrogen-bond acceptors (Lipinski definition) is 3. The molecule has 0 aliphatic carbocycles. The molecule has 0 amide bonds. The Hall–Kier alpha value is -1.87. The summed E-state index contributed by atoms with van der Waals surface area (Å²) in [6.45, 7) is 6.02. The first-order chi connectivity index (χ1) is 9.11. The number of nitrogens with two attached hydrogens (primary N) is 1. The largest absolute Gasteiger partial charge is 0.455 e. The van der Waals surface area contributed by atoms with Gasteiger partial charge < -0.3 is 10.5 Å². The number of aryl methyl sites for hydroxylation is 2. The summed E-state index contributed by atoms with van der Waals surface area (Å²) in [7, 11) is 0. The standard InChI is InChI=1S/C16H20N2O/c1-4-14-16(10-9-11(2)18-14)19-15-8-6-5-7-13(15)12(3)17/h5-10,12H,4,17H2,1-3H3/t12-/m1/s1. The molecule has 19 heavy (non-hydrogen) atoms. The molecular weight excluding hydrogens is 236 g/mol. The number of para-hydroxylation sites is 1. The Bertz CT molecular complexity index is 564. The first-order valence-electron chi connectivity index (χ1n) is 6.60. The second-order valence-electron chi connectivity index (χ2n) is 4.68. The number of ether oxygens (including phenoxy) is 1. The highest BCUT2D eigenvalue weighted by Gasteiger charge is 2.10. The molecule has 1 aromatic carbocycles. The van der Waals surface area contributed by atoms with Gasteiger partial charge in [0.15, 0.2) is 0 Å². The van der Waals surface area contributed by atoms with E-state index in [4.69, 9.17) is 10.5 Å². The van der Waals surface area contributed by atoms with E-state index in [0.29, 0.717) is 0 Å². The fraction of sp³-hybridized carbons (Fsp3) is 0.312. The summed E-state index contributed by atoms with van der Waals surface area (Å²) >= 11 is 0. The van der Waals surface area contributed by atoms with Crippen molar-refractivity contribution in [2.45, 2.75) is 33.2 Å². The van der Waals surface area contributed by atoms with Crippen LogP contribution >= 0.6 is 0 Å². The van der Waals surface area contributed by atoms with Crippen LogP contribution in [0.25, 0.3) is 0 Å². The lowest BCUT2D eigenvalue weighted by Gasteiger charge is -2.15. The zero-order valence-electron chi connectivity index (χ0n) is 11.7. The van der Waals surface area contributed by atoms with Crippen LogP contribution < -0.4 is 10.5 Å². The Labute approximate surface area is 114 Å². The maximum absolute atomic E-state index is 6.01. The number of nitrogens with zero attached hydrogens (tertiary/aromatic N) is 1. The Kier molecular flexibility index (Phi) is 4.17. The molecule has 0 spiro atoms. The SMILES string of the molecule is CCc1nc(C)ccc1Oc1ccccc1[C@@H](C)N. The van der Waals surface area contributed by atoms with Gasteiger partial charge in [-0.25, -0.2) is 0 Å². The second kappa shape index (κ2) is 5.85. The highest BCUT2D eigenvalue weighted by molar-refractivity contribution is 5.41. The number of rotatable bonds is 4. The zero-order chi connectivity index (χ0) is 13.8. The fourth-order valence-corrected chi connectivity index (χ4v) is 2.01. The normalized spacial score (nSPS) is 12.2. The number of benzene rings is 1. The average molecular weight is 256 g/mol. The van der Waals surface area contributed by atoms with Crippen LogP contribution in [0.2, 0.25) is 0 Å². The van der Waals surface area contributed by atoms with Gasteiger partial charge in [-0.05, 0) is 38.5 Å². The smallest absolute Gasteiger partial charge is 0.148 e. The molecule has 0 saturated carbocycles. The lowest BCUT2D eigenvalue weighted by molar-refractivity contribution is 0.463. The number of pyridine rings is 1. The molecule has 0 aliphatic rings. The molecule has 100 valence electrons. The van der Waals surface area contributed by atoms with Crippen molar-refractivity contribution in [2.24, 2.45) is 5.73 Å². The molecule has 0 fully saturated rings. The summed E-state index contributed by atoms with van der Waals surface area (Å²) in [6, 6.07) is 11.7. The first-order valence-corrected chi connectivity index (χ1v) is 6.60.